The molecule has 1 aromatic carbocycles. The number of fused-ring (bicyclic) bond motifs is 1. The number of piperidine rings is 1. The van der Waals surface area contributed by atoms with E-state index >= 15 is 0 Å². The summed E-state index contributed by atoms with van der Waals surface area (Å²) in [5, 5.41) is 30.8. The maximum atomic E-state index is 10.3. The Morgan fingerprint density at radius 3 is 2.29 bits per heavy atom. The molecule has 1 aliphatic carbocycles. The first-order valence-corrected chi connectivity index (χ1v) is 10.8. The molecule has 3 N–H and O–H groups in total. The fraction of sp³-hybridized carbons (Fsp3) is 0.652. The number of para-hydroxylation sites is 1. The zero-order valence-electron chi connectivity index (χ0n) is 16.9. The zero-order chi connectivity index (χ0) is 19.7. The van der Waals surface area contributed by atoms with E-state index in [4.69, 9.17) is 0 Å². The van der Waals surface area contributed by atoms with Crippen molar-refractivity contribution in [1.29, 1.82) is 0 Å². The lowest BCUT2D eigenvalue weighted by atomic mass is 9.76. The maximum absolute atomic E-state index is 10.3. The Hall–Kier alpha value is -1.40. The third kappa shape index (κ3) is 3.73. The minimum absolute atomic E-state index is 0.0870. The van der Waals surface area contributed by atoms with E-state index in [0.717, 1.165) is 57.3 Å². The molecule has 0 radical (unpaired) electrons. The summed E-state index contributed by atoms with van der Waals surface area (Å²) in [6.45, 7) is 3.89. The Balaban J connectivity index is 1.38. The van der Waals surface area contributed by atoms with E-state index in [9.17, 15) is 15.3 Å². The SMILES string of the molecule is CC(O)(CO)C1CCC(N2CCC(n3c(CO)cc4ccccc43)CC2)CC1. The molecule has 0 spiro atoms. The molecule has 2 fully saturated rings. The van der Waals surface area contributed by atoms with E-state index < -0.39 is 5.60 Å². The number of rotatable bonds is 5. The molecule has 28 heavy (non-hydrogen) atoms. The molecular formula is C23H34N2O3. The lowest BCUT2D eigenvalue weighted by Gasteiger charge is -2.43. The van der Waals surface area contributed by atoms with Gasteiger partial charge in [-0.1, -0.05) is 18.2 Å². The van der Waals surface area contributed by atoms with Crippen LogP contribution in [0, 0.1) is 5.92 Å². The number of hydrogen-bond acceptors (Lipinski definition) is 4. The van der Waals surface area contributed by atoms with Crippen LogP contribution in [0.15, 0.2) is 30.3 Å². The number of nitrogens with zero attached hydrogens (tertiary/aromatic N) is 2. The van der Waals surface area contributed by atoms with Crippen molar-refractivity contribution < 1.29 is 15.3 Å². The van der Waals surface area contributed by atoms with Crippen LogP contribution in [0.4, 0.5) is 0 Å². The number of aliphatic hydroxyl groups excluding tert-OH is 2. The van der Waals surface area contributed by atoms with E-state index in [-0.39, 0.29) is 19.1 Å². The summed E-state index contributed by atoms with van der Waals surface area (Å²) in [6.07, 6.45) is 6.43. The molecule has 1 saturated carbocycles. The van der Waals surface area contributed by atoms with Crippen LogP contribution in [0.3, 0.4) is 0 Å². The Kier molecular flexibility index (Phi) is 5.79. The summed E-state index contributed by atoms with van der Waals surface area (Å²) in [5.74, 6) is 0.213. The Labute approximate surface area is 167 Å². The molecular weight excluding hydrogens is 352 g/mol. The van der Waals surface area contributed by atoms with Gasteiger partial charge in [-0.05, 0) is 68.9 Å². The summed E-state index contributed by atoms with van der Waals surface area (Å²) < 4.78 is 2.36. The second-order valence-electron chi connectivity index (χ2n) is 9.01. The number of hydrogen-bond donors (Lipinski definition) is 3. The van der Waals surface area contributed by atoms with Gasteiger partial charge in [-0.2, -0.15) is 0 Å². The third-order valence-electron chi connectivity index (χ3n) is 7.27. The molecule has 1 saturated heterocycles. The van der Waals surface area contributed by atoms with Gasteiger partial charge >= 0.3 is 0 Å². The van der Waals surface area contributed by atoms with Crippen molar-refractivity contribution >= 4 is 10.9 Å². The average molecular weight is 387 g/mol. The molecule has 1 atom stereocenters. The zero-order valence-corrected chi connectivity index (χ0v) is 16.9. The minimum Gasteiger partial charge on any atom is -0.393 e. The van der Waals surface area contributed by atoms with Crippen LogP contribution in [-0.2, 0) is 6.61 Å². The molecule has 2 aromatic rings. The van der Waals surface area contributed by atoms with Crippen molar-refractivity contribution in [1.82, 2.24) is 9.47 Å². The molecule has 1 aliphatic heterocycles. The number of aromatic nitrogens is 1. The monoisotopic (exact) mass is 386 g/mol. The van der Waals surface area contributed by atoms with Crippen LogP contribution in [0.2, 0.25) is 0 Å². The normalized spacial score (nSPS) is 27.1. The topological polar surface area (TPSA) is 68.9 Å². The quantitative estimate of drug-likeness (QED) is 0.739. The highest BCUT2D eigenvalue weighted by Gasteiger charge is 2.37. The van der Waals surface area contributed by atoms with Gasteiger partial charge in [0, 0.05) is 36.4 Å². The molecule has 0 bridgehead atoms. The summed E-state index contributed by atoms with van der Waals surface area (Å²) >= 11 is 0. The van der Waals surface area contributed by atoms with Crippen molar-refractivity contribution in [2.45, 2.75) is 69.7 Å². The van der Waals surface area contributed by atoms with E-state index in [1.807, 2.05) is 0 Å². The average Bonchev–Trinajstić information content (AvgIpc) is 3.12. The second-order valence-corrected chi connectivity index (χ2v) is 9.01. The van der Waals surface area contributed by atoms with Crippen LogP contribution in [0.1, 0.15) is 57.2 Å². The first kappa shape index (κ1) is 19.9. The highest BCUT2D eigenvalue weighted by Crippen LogP contribution is 2.37. The fourth-order valence-electron chi connectivity index (χ4n) is 5.49. The Morgan fingerprint density at radius 2 is 1.64 bits per heavy atom. The molecule has 154 valence electrons. The van der Waals surface area contributed by atoms with Crippen molar-refractivity contribution in [3.63, 3.8) is 0 Å². The van der Waals surface area contributed by atoms with E-state index in [0.29, 0.717) is 12.1 Å². The van der Waals surface area contributed by atoms with Gasteiger partial charge in [0.1, 0.15) is 0 Å². The Bertz CT molecular complexity index is 784. The van der Waals surface area contributed by atoms with Gasteiger partial charge in [-0.3, -0.25) is 0 Å². The predicted molar refractivity (Wildman–Crippen MR) is 111 cm³/mol. The van der Waals surface area contributed by atoms with E-state index in [1.54, 1.807) is 6.92 Å². The summed E-state index contributed by atoms with van der Waals surface area (Å²) in [4.78, 5) is 2.63. The molecule has 2 heterocycles. The third-order valence-corrected chi connectivity index (χ3v) is 7.27. The molecule has 0 amide bonds. The van der Waals surface area contributed by atoms with Gasteiger partial charge < -0.3 is 24.8 Å². The predicted octanol–water partition coefficient (Wildman–Crippen LogP) is 3.07. The first-order chi connectivity index (χ1) is 13.5. The molecule has 4 rings (SSSR count). The molecule has 1 unspecified atom stereocenters. The van der Waals surface area contributed by atoms with Crippen molar-refractivity contribution in [3.05, 3.63) is 36.0 Å². The van der Waals surface area contributed by atoms with Crippen LogP contribution < -0.4 is 0 Å². The highest BCUT2D eigenvalue weighted by molar-refractivity contribution is 5.81. The van der Waals surface area contributed by atoms with Gasteiger partial charge in [0.2, 0.25) is 0 Å². The standard InChI is InChI=1S/C23H34N2O3/c1-23(28,16-27)18-6-8-19(9-7-18)24-12-10-20(11-13-24)25-21(15-26)14-17-4-2-3-5-22(17)25/h2-5,14,18-20,26-28H,6-13,15-16H2,1H3. The van der Waals surface area contributed by atoms with Crippen LogP contribution in [0.5, 0.6) is 0 Å². The maximum Gasteiger partial charge on any atom is 0.0877 e. The van der Waals surface area contributed by atoms with Gasteiger partial charge in [-0.15, -0.1) is 0 Å². The fourth-order valence-corrected chi connectivity index (χ4v) is 5.49. The van der Waals surface area contributed by atoms with Crippen LogP contribution in [0.25, 0.3) is 10.9 Å². The van der Waals surface area contributed by atoms with Crippen LogP contribution >= 0.6 is 0 Å². The van der Waals surface area contributed by atoms with Crippen LogP contribution in [-0.4, -0.2) is 56.1 Å². The summed E-state index contributed by atoms with van der Waals surface area (Å²) in [5.41, 5.74) is 1.32. The summed E-state index contributed by atoms with van der Waals surface area (Å²) in [7, 11) is 0. The number of benzene rings is 1. The lowest BCUT2D eigenvalue weighted by molar-refractivity contribution is -0.0655. The van der Waals surface area contributed by atoms with Crippen molar-refractivity contribution in [2.75, 3.05) is 19.7 Å². The van der Waals surface area contributed by atoms with Gasteiger partial charge in [-0.25, -0.2) is 0 Å². The van der Waals surface area contributed by atoms with E-state index in [1.165, 1.54) is 10.9 Å². The van der Waals surface area contributed by atoms with E-state index in [2.05, 4.69) is 39.8 Å². The first-order valence-electron chi connectivity index (χ1n) is 10.8. The molecule has 5 nitrogen and oxygen atoms in total. The minimum atomic E-state index is -0.936. The number of likely N-dealkylation sites (tertiary alicyclic amines) is 1. The second kappa shape index (κ2) is 8.15. The largest absolute Gasteiger partial charge is 0.393 e. The van der Waals surface area contributed by atoms with Gasteiger partial charge in [0.15, 0.2) is 0 Å². The van der Waals surface area contributed by atoms with Crippen molar-refractivity contribution in [2.24, 2.45) is 5.92 Å². The van der Waals surface area contributed by atoms with Gasteiger partial charge in [0.05, 0.1) is 18.8 Å². The molecule has 2 aliphatic rings. The van der Waals surface area contributed by atoms with Gasteiger partial charge in [0.25, 0.3) is 0 Å². The lowest BCUT2D eigenvalue weighted by Crippen LogP contribution is -2.47. The van der Waals surface area contributed by atoms with Crippen molar-refractivity contribution in [3.8, 4) is 0 Å². The highest BCUT2D eigenvalue weighted by atomic mass is 16.3. The molecule has 1 aromatic heterocycles. The molecule has 5 heteroatoms. The smallest absolute Gasteiger partial charge is 0.0877 e. The Morgan fingerprint density at radius 1 is 0.964 bits per heavy atom. The summed E-state index contributed by atoms with van der Waals surface area (Å²) in [6, 6.07) is 11.6. The number of aliphatic hydroxyl groups is 3.